The van der Waals surface area contributed by atoms with Gasteiger partial charge in [0.1, 0.15) is 5.66 Å². The van der Waals surface area contributed by atoms with Gasteiger partial charge in [-0.3, -0.25) is 4.90 Å². The second-order valence-corrected chi connectivity index (χ2v) is 8.85. The predicted molar refractivity (Wildman–Crippen MR) is 130 cm³/mol. The monoisotopic (exact) mass is 474 g/mol. The minimum absolute atomic E-state index is 0.172. The molecule has 1 aromatic heterocycles. The van der Waals surface area contributed by atoms with Crippen LogP contribution in [0.25, 0.3) is 0 Å². The summed E-state index contributed by atoms with van der Waals surface area (Å²) in [5.74, 6) is 0.927. The second-order valence-electron chi connectivity index (χ2n) is 8.85. The molecule has 0 saturated carbocycles. The topological polar surface area (TPSA) is 114 Å². The summed E-state index contributed by atoms with van der Waals surface area (Å²) in [5, 5.41) is 6.49. The number of nitrogens with two attached hydrogens (primary N) is 1. The molecule has 10 nitrogen and oxygen atoms in total. The number of likely N-dealkylation sites (N-methyl/N-ethyl adjacent to an activating group) is 1. The van der Waals surface area contributed by atoms with E-state index in [1.807, 2.05) is 4.90 Å². The SMILES string of the molecule is CCN1CCCC1CNc1nc(Nc2ccc(OC)c(F)c2)nc(N2CCCC2(N)COC)n1. The third-order valence-electron chi connectivity index (χ3n) is 6.60. The van der Waals surface area contributed by atoms with Crippen LogP contribution < -0.4 is 26.0 Å². The van der Waals surface area contributed by atoms with Crippen molar-refractivity contribution in [3.63, 3.8) is 0 Å². The van der Waals surface area contributed by atoms with Gasteiger partial charge in [0.15, 0.2) is 11.6 Å². The maximum Gasteiger partial charge on any atom is 0.233 e. The summed E-state index contributed by atoms with van der Waals surface area (Å²) in [6.45, 7) is 6.12. The quantitative estimate of drug-likeness (QED) is 0.475. The molecule has 4 rings (SSSR count). The fourth-order valence-corrected chi connectivity index (χ4v) is 4.85. The number of nitrogens with one attached hydrogen (secondary N) is 2. The molecule has 186 valence electrons. The summed E-state index contributed by atoms with van der Waals surface area (Å²) in [6.07, 6.45) is 4.02. The number of halogens is 1. The maximum atomic E-state index is 14.2. The van der Waals surface area contributed by atoms with Crippen molar-refractivity contribution in [3.05, 3.63) is 24.0 Å². The minimum Gasteiger partial charge on any atom is -0.494 e. The number of rotatable bonds is 10. The summed E-state index contributed by atoms with van der Waals surface area (Å²) in [7, 11) is 3.07. The summed E-state index contributed by atoms with van der Waals surface area (Å²) in [6, 6.07) is 5.05. The zero-order valence-electron chi connectivity index (χ0n) is 20.2. The average Bonchev–Trinajstić information content (AvgIpc) is 3.44. The minimum atomic E-state index is -0.693. The van der Waals surface area contributed by atoms with E-state index in [9.17, 15) is 4.39 Å². The molecule has 34 heavy (non-hydrogen) atoms. The smallest absolute Gasteiger partial charge is 0.233 e. The number of benzene rings is 1. The Morgan fingerprint density at radius 1 is 1.18 bits per heavy atom. The molecule has 0 bridgehead atoms. The van der Waals surface area contributed by atoms with Gasteiger partial charge in [-0.15, -0.1) is 0 Å². The standard InChI is InChI=1S/C23H35FN8O2/c1-4-31-11-5-7-17(31)14-26-20-28-21(27-16-8-9-19(34-3)18(24)13-16)30-22(29-20)32-12-6-10-23(32,25)15-33-2/h8-9,13,17H,4-7,10-12,14-15,25H2,1-3H3,(H2,26,27,28,29,30). The summed E-state index contributed by atoms with van der Waals surface area (Å²) >= 11 is 0. The highest BCUT2D eigenvalue weighted by molar-refractivity contribution is 5.57. The normalized spacial score (nSPS) is 22.9. The maximum absolute atomic E-state index is 14.2. The molecule has 2 fully saturated rings. The van der Waals surface area contributed by atoms with Gasteiger partial charge in [0.05, 0.1) is 13.7 Å². The van der Waals surface area contributed by atoms with Gasteiger partial charge in [-0.1, -0.05) is 6.92 Å². The van der Waals surface area contributed by atoms with Gasteiger partial charge < -0.3 is 30.7 Å². The first-order valence-corrected chi connectivity index (χ1v) is 11.9. The van der Waals surface area contributed by atoms with Crippen molar-refractivity contribution in [1.82, 2.24) is 19.9 Å². The molecule has 0 radical (unpaired) electrons. The van der Waals surface area contributed by atoms with Crippen LogP contribution in [0.4, 0.5) is 27.9 Å². The molecule has 2 atom stereocenters. The van der Waals surface area contributed by atoms with Gasteiger partial charge in [-0.25, -0.2) is 4.39 Å². The van der Waals surface area contributed by atoms with Gasteiger partial charge in [0.25, 0.3) is 0 Å². The van der Waals surface area contributed by atoms with E-state index in [-0.39, 0.29) is 5.75 Å². The Morgan fingerprint density at radius 3 is 2.74 bits per heavy atom. The van der Waals surface area contributed by atoms with Crippen LogP contribution in [0.5, 0.6) is 5.75 Å². The number of nitrogens with zero attached hydrogens (tertiary/aromatic N) is 5. The van der Waals surface area contributed by atoms with Crippen LogP contribution in [0.15, 0.2) is 18.2 Å². The van der Waals surface area contributed by atoms with Crippen molar-refractivity contribution in [3.8, 4) is 5.75 Å². The number of methoxy groups -OCH3 is 2. The van der Waals surface area contributed by atoms with E-state index in [1.165, 1.54) is 19.6 Å². The lowest BCUT2D eigenvalue weighted by atomic mass is 10.1. The number of anilines is 4. The van der Waals surface area contributed by atoms with E-state index < -0.39 is 11.5 Å². The van der Waals surface area contributed by atoms with Crippen molar-refractivity contribution in [2.75, 3.05) is 62.5 Å². The van der Waals surface area contributed by atoms with Crippen LogP contribution in [-0.4, -0.2) is 78.6 Å². The molecule has 11 heteroatoms. The Balaban J connectivity index is 1.61. The van der Waals surface area contributed by atoms with Crippen molar-refractivity contribution in [1.29, 1.82) is 0 Å². The van der Waals surface area contributed by atoms with Gasteiger partial charge in [-0.2, -0.15) is 15.0 Å². The predicted octanol–water partition coefficient (Wildman–Crippen LogP) is 2.56. The van der Waals surface area contributed by atoms with E-state index in [0.29, 0.717) is 42.7 Å². The lowest BCUT2D eigenvalue weighted by Gasteiger charge is -2.34. The van der Waals surface area contributed by atoms with Crippen molar-refractivity contribution >= 4 is 23.5 Å². The van der Waals surface area contributed by atoms with Crippen LogP contribution >= 0.6 is 0 Å². The third kappa shape index (κ3) is 5.31. The molecular formula is C23H35FN8O2. The molecule has 2 aromatic rings. The van der Waals surface area contributed by atoms with Crippen LogP contribution in [-0.2, 0) is 4.74 Å². The fourth-order valence-electron chi connectivity index (χ4n) is 4.85. The molecule has 0 amide bonds. The van der Waals surface area contributed by atoms with Crippen LogP contribution in [0.2, 0.25) is 0 Å². The molecule has 2 saturated heterocycles. The number of likely N-dealkylation sites (tertiary alicyclic amines) is 1. The molecule has 1 aromatic carbocycles. The molecule has 2 aliphatic heterocycles. The van der Waals surface area contributed by atoms with Gasteiger partial charge in [0.2, 0.25) is 17.8 Å². The lowest BCUT2D eigenvalue weighted by molar-refractivity contribution is 0.136. The zero-order chi connectivity index (χ0) is 24.1. The Morgan fingerprint density at radius 2 is 2.00 bits per heavy atom. The molecule has 2 aliphatic rings. The summed E-state index contributed by atoms with van der Waals surface area (Å²) in [5.41, 5.74) is 6.46. The van der Waals surface area contributed by atoms with E-state index >= 15 is 0 Å². The summed E-state index contributed by atoms with van der Waals surface area (Å²) < 4.78 is 24.6. The van der Waals surface area contributed by atoms with Crippen molar-refractivity contribution in [2.24, 2.45) is 5.73 Å². The Bertz CT molecular complexity index is 980. The Hall–Kier alpha value is -2.76. The van der Waals surface area contributed by atoms with E-state index in [4.69, 9.17) is 20.2 Å². The van der Waals surface area contributed by atoms with E-state index in [0.717, 1.165) is 38.9 Å². The fraction of sp³-hybridized carbons (Fsp3) is 0.609. The molecule has 4 N–H and O–H groups in total. The van der Waals surface area contributed by atoms with Crippen LogP contribution in [0, 0.1) is 5.82 Å². The van der Waals surface area contributed by atoms with Crippen LogP contribution in [0.1, 0.15) is 32.6 Å². The highest BCUT2D eigenvalue weighted by Crippen LogP contribution is 2.30. The molecule has 2 unspecified atom stereocenters. The zero-order valence-corrected chi connectivity index (χ0v) is 20.2. The highest BCUT2D eigenvalue weighted by atomic mass is 19.1. The second kappa shape index (κ2) is 10.7. The molecular weight excluding hydrogens is 439 g/mol. The van der Waals surface area contributed by atoms with Crippen molar-refractivity contribution < 1.29 is 13.9 Å². The number of hydrogen-bond acceptors (Lipinski definition) is 10. The Kier molecular flexibility index (Phi) is 7.64. The molecule has 0 spiro atoms. The molecule has 3 heterocycles. The van der Waals surface area contributed by atoms with E-state index in [1.54, 1.807) is 19.2 Å². The largest absolute Gasteiger partial charge is 0.494 e. The first-order chi connectivity index (χ1) is 16.5. The number of hydrogen-bond donors (Lipinski definition) is 3. The first kappa shape index (κ1) is 24.4. The lowest BCUT2D eigenvalue weighted by Crippen LogP contribution is -2.56. The first-order valence-electron chi connectivity index (χ1n) is 11.9. The van der Waals surface area contributed by atoms with Gasteiger partial charge in [-0.05, 0) is 50.9 Å². The molecule has 0 aliphatic carbocycles. The van der Waals surface area contributed by atoms with Gasteiger partial charge >= 0.3 is 0 Å². The Labute approximate surface area is 200 Å². The number of aromatic nitrogens is 3. The average molecular weight is 475 g/mol. The highest BCUT2D eigenvalue weighted by Gasteiger charge is 2.39. The third-order valence-corrected chi connectivity index (χ3v) is 6.60. The summed E-state index contributed by atoms with van der Waals surface area (Å²) in [4.78, 5) is 18.3. The van der Waals surface area contributed by atoms with Gasteiger partial charge in [0, 0.05) is 38.0 Å². The van der Waals surface area contributed by atoms with Crippen molar-refractivity contribution in [2.45, 2.75) is 44.3 Å². The van der Waals surface area contributed by atoms with Crippen LogP contribution in [0.3, 0.4) is 0 Å². The van der Waals surface area contributed by atoms with E-state index in [2.05, 4.69) is 32.4 Å². The number of ether oxygens (including phenoxy) is 2.